The summed E-state index contributed by atoms with van der Waals surface area (Å²) < 4.78 is 17.1. The molecule has 1 saturated heterocycles. The molecule has 156 valence electrons. The topological polar surface area (TPSA) is 93.1 Å². The van der Waals surface area contributed by atoms with E-state index in [0.29, 0.717) is 43.6 Å². The van der Waals surface area contributed by atoms with Crippen molar-refractivity contribution in [1.82, 2.24) is 4.90 Å². The third-order valence-electron chi connectivity index (χ3n) is 5.16. The van der Waals surface area contributed by atoms with Crippen LogP contribution in [0.3, 0.4) is 0 Å². The minimum absolute atomic E-state index is 0.00168. The van der Waals surface area contributed by atoms with Gasteiger partial charge in [-0.15, -0.1) is 0 Å². The van der Waals surface area contributed by atoms with Crippen molar-refractivity contribution < 1.29 is 23.5 Å². The minimum atomic E-state index is -0.731. The van der Waals surface area contributed by atoms with Crippen LogP contribution in [0.1, 0.15) is 29.6 Å². The van der Waals surface area contributed by atoms with E-state index in [4.69, 9.17) is 13.6 Å². The third kappa shape index (κ3) is 4.16. The van der Waals surface area contributed by atoms with Crippen LogP contribution in [-0.4, -0.2) is 42.2 Å². The molecular weight excluding hydrogens is 386 g/mol. The standard InChI is InChI=1S/C23H23NO6/c1-15-13-18(25)22(27)23(29-15)17(14-21(26)24-9-11-28-12-10-24)20-8-7-19(30-20)16-5-3-2-4-6-16/h2-8,13,17,27H,9-12,14H2,1H3/t17-/m1/s1. The van der Waals surface area contributed by atoms with E-state index in [1.165, 1.54) is 6.07 Å². The summed E-state index contributed by atoms with van der Waals surface area (Å²) in [6.07, 6.45) is 0.00168. The molecule has 2 aromatic heterocycles. The number of aromatic hydroxyl groups is 1. The predicted molar refractivity (Wildman–Crippen MR) is 109 cm³/mol. The molecule has 0 aliphatic carbocycles. The van der Waals surface area contributed by atoms with E-state index in [1.807, 2.05) is 36.4 Å². The molecule has 3 aromatic rings. The van der Waals surface area contributed by atoms with Gasteiger partial charge >= 0.3 is 0 Å². The second-order valence-electron chi connectivity index (χ2n) is 7.25. The van der Waals surface area contributed by atoms with Crippen LogP contribution in [0.5, 0.6) is 5.75 Å². The SMILES string of the molecule is Cc1cc(=O)c(O)c([C@H](CC(=O)N2CCOCC2)c2ccc(-c3ccccc3)o2)o1. The van der Waals surface area contributed by atoms with Crippen LogP contribution >= 0.6 is 0 Å². The Labute approximate surface area is 173 Å². The Morgan fingerprint density at radius 1 is 1.10 bits per heavy atom. The van der Waals surface area contributed by atoms with Crippen molar-refractivity contribution in [2.24, 2.45) is 0 Å². The van der Waals surface area contributed by atoms with E-state index >= 15 is 0 Å². The van der Waals surface area contributed by atoms with Crippen LogP contribution in [0.25, 0.3) is 11.3 Å². The van der Waals surface area contributed by atoms with Gasteiger partial charge in [0, 0.05) is 31.1 Å². The summed E-state index contributed by atoms with van der Waals surface area (Å²) in [6.45, 7) is 3.61. The molecular formula is C23H23NO6. The largest absolute Gasteiger partial charge is 0.502 e. The van der Waals surface area contributed by atoms with Crippen molar-refractivity contribution in [1.29, 1.82) is 0 Å². The maximum atomic E-state index is 12.9. The maximum absolute atomic E-state index is 12.9. The molecule has 1 amide bonds. The van der Waals surface area contributed by atoms with Crippen LogP contribution in [0.4, 0.5) is 0 Å². The number of carbonyl (C=O) groups excluding carboxylic acids is 1. The van der Waals surface area contributed by atoms with Gasteiger partial charge in [-0.3, -0.25) is 9.59 Å². The zero-order valence-electron chi connectivity index (χ0n) is 16.7. The minimum Gasteiger partial charge on any atom is -0.502 e. The molecule has 4 rings (SSSR count). The lowest BCUT2D eigenvalue weighted by molar-refractivity contribution is -0.135. The molecule has 1 aromatic carbocycles. The summed E-state index contributed by atoms with van der Waals surface area (Å²) in [5, 5.41) is 10.4. The molecule has 7 heteroatoms. The fraction of sp³-hybridized carbons (Fsp3) is 0.304. The van der Waals surface area contributed by atoms with Gasteiger partial charge in [-0.2, -0.15) is 0 Å². The fourth-order valence-electron chi connectivity index (χ4n) is 3.60. The Bertz CT molecular complexity index is 1080. The van der Waals surface area contributed by atoms with Gasteiger partial charge in [-0.25, -0.2) is 0 Å². The summed E-state index contributed by atoms with van der Waals surface area (Å²) >= 11 is 0. The van der Waals surface area contributed by atoms with E-state index in [-0.39, 0.29) is 18.1 Å². The first-order chi connectivity index (χ1) is 14.5. The summed E-state index contributed by atoms with van der Waals surface area (Å²) in [7, 11) is 0. The Morgan fingerprint density at radius 2 is 1.83 bits per heavy atom. The first-order valence-corrected chi connectivity index (χ1v) is 9.87. The smallest absolute Gasteiger partial charge is 0.227 e. The second-order valence-corrected chi connectivity index (χ2v) is 7.25. The quantitative estimate of drug-likeness (QED) is 0.695. The molecule has 0 radical (unpaired) electrons. The second kappa shape index (κ2) is 8.59. The Balaban J connectivity index is 1.72. The summed E-state index contributed by atoms with van der Waals surface area (Å²) in [6, 6.07) is 14.3. The van der Waals surface area contributed by atoms with Gasteiger partial charge in [0.25, 0.3) is 0 Å². The summed E-state index contributed by atoms with van der Waals surface area (Å²) in [4.78, 5) is 26.8. The number of furan rings is 1. The van der Waals surface area contributed by atoms with Crippen molar-refractivity contribution in [2.45, 2.75) is 19.3 Å². The number of aryl methyl sites for hydroxylation is 1. The van der Waals surface area contributed by atoms with E-state index in [9.17, 15) is 14.7 Å². The van der Waals surface area contributed by atoms with Gasteiger partial charge in [-0.1, -0.05) is 30.3 Å². The molecule has 1 fully saturated rings. The maximum Gasteiger partial charge on any atom is 0.227 e. The normalized spacial score (nSPS) is 15.2. The van der Waals surface area contributed by atoms with Crippen molar-refractivity contribution >= 4 is 5.91 Å². The third-order valence-corrected chi connectivity index (χ3v) is 5.16. The lowest BCUT2D eigenvalue weighted by atomic mass is 9.97. The van der Waals surface area contributed by atoms with Crippen LogP contribution < -0.4 is 5.43 Å². The molecule has 0 saturated carbocycles. The number of amides is 1. The highest BCUT2D eigenvalue weighted by molar-refractivity contribution is 5.78. The number of hydrogen-bond donors (Lipinski definition) is 1. The number of benzene rings is 1. The van der Waals surface area contributed by atoms with Crippen LogP contribution in [0, 0.1) is 6.92 Å². The molecule has 0 spiro atoms. The van der Waals surface area contributed by atoms with Gasteiger partial charge < -0.3 is 23.6 Å². The molecule has 7 nitrogen and oxygen atoms in total. The lowest BCUT2D eigenvalue weighted by Crippen LogP contribution is -2.41. The van der Waals surface area contributed by atoms with E-state index in [0.717, 1.165) is 5.56 Å². The Hall–Kier alpha value is -3.32. The lowest BCUT2D eigenvalue weighted by Gasteiger charge is -2.28. The van der Waals surface area contributed by atoms with Gasteiger partial charge in [0.1, 0.15) is 17.3 Å². The highest BCUT2D eigenvalue weighted by Crippen LogP contribution is 2.36. The number of carbonyl (C=O) groups is 1. The molecule has 1 atom stereocenters. The average molecular weight is 409 g/mol. The van der Waals surface area contributed by atoms with Crippen molar-refractivity contribution in [3.8, 4) is 17.1 Å². The molecule has 1 aliphatic heterocycles. The summed E-state index contributed by atoms with van der Waals surface area (Å²) in [5.41, 5.74) is 0.337. The monoisotopic (exact) mass is 409 g/mol. The molecule has 1 N–H and O–H groups in total. The number of ether oxygens (including phenoxy) is 1. The zero-order chi connectivity index (χ0) is 21.1. The number of hydrogen-bond acceptors (Lipinski definition) is 6. The van der Waals surface area contributed by atoms with E-state index in [1.54, 1.807) is 17.9 Å². The van der Waals surface area contributed by atoms with Crippen LogP contribution in [0.15, 0.2) is 62.2 Å². The van der Waals surface area contributed by atoms with Crippen LogP contribution in [0.2, 0.25) is 0 Å². The van der Waals surface area contributed by atoms with Crippen molar-refractivity contribution in [3.05, 3.63) is 76.0 Å². The summed E-state index contributed by atoms with van der Waals surface area (Å²) in [5.74, 6) is 0.110. The number of nitrogens with zero attached hydrogens (tertiary/aromatic N) is 1. The molecule has 1 aliphatic rings. The molecule has 3 heterocycles. The highest BCUT2D eigenvalue weighted by atomic mass is 16.5. The first kappa shape index (κ1) is 20.0. The number of morpholine rings is 1. The van der Waals surface area contributed by atoms with Crippen molar-refractivity contribution in [2.75, 3.05) is 26.3 Å². The van der Waals surface area contributed by atoms with Gasteiger partial charge in [0.15, 0.2) is 5.76 Å². The first-order valence-electron chi connectivity index (χ1n) is 9.87. The van der Waals surface area contributed by atoms with Gasteiger partial charge in [0.2, 0.25) is 17.1 Å². The number of rotatable bonds is 5. The molecule has 0 unspecified atom stereocenters. The zero-order valence-corrected chi connectivity index (χ0v) is 16.7. The average Bonchev–Trinajstić information content (AvgIpc) is 3.26. The van der Waals surface area contributed by atoms with E-state index in [2.05, 4.69) is 0 Å². The molecule has 30 heavy (non-hydrogen) atoms. The Kier molecular flexibility index (Phi) is 5.72. The van der Waals surface area contributed by atoms with Crippen molar-refractivity contribution in [3.63, 3.8) is 0 Å². The Morgan fingerprint density at radius 3 is 2.57 bits per heavy atom. The highest BCUT2D eigenvalue weighted by Gasteiger charge is 2.30. The van der Waals surface area contributed by atoms with E-state index < -0.39 is 17.1 Å². The van der Waals surface area contributed by atoms with Gasteiger partial charge in [-0.05, 0) is 19.1 Å². The molecule has 0 bridgehead atoms. The van der Waals surface area contributed by atoms with Gasteiger partial charge in [0.05, 0.1) is 19.1 Å². The predicted octanol–water partition coefficient (Wildman–Crippen LogP) is 3.29. The van der Waals surface area contributed by atoms with Crippen LogP contribution in [-0.2, 0) is 9.53 Å². The fourth-order valence-corrected chi connectivity index (χ4v) is 3.60.